The first-order valence-corrected chi connectivity index (χ1v) is 7.79. The summed E-state index contributed by atoms with van der Waals surface area (Å²) in [5, 5.41) is 7.46. The normalized spacial score (nSPS) is 11.6. The van der Waals surface area contributed by atoms with Gasteiger partial charge in [-0.05, 0) is 13.0 Å². The molecular weight excluding hydrogens is 280 g/mol. The number of sulfonamides is 1. The van der Waals surface area contributed by atoms with Gasteiger partial charge in [0.05, 0.1) is 0 Å². The van der Waals surface area contributed by atoms with Crippen LogP contribution < -0.4 is 10.5 Å². The van der Waals surface area contributed by atoms with E-state index in [0.717, 1.165) is 16.2 Å². The van der Waals surface area contributed by atoms with Crippen LogP contribution in [0, 0.1) is 6.92 Å². The predicted octanol–water partition coefficient (Wildman–Crippen LogP) is 1.17. The zero-order chi connectivity index (χ0) is 12.5. The lowest BCUT2D eigenvalue weighted by molar-refractivity contribution is 0.601. The molecule has 2 aromatic heterocycles. The number of thiophene rings is 1. The molecule has 0 saturated heterocycles. The van der Waals surface area contributed by atoms with Crippen molar-refractivity contribution >= 4 is 37.8 Å². The summed E-state index contributed by atoms with van der Waals surface area (Å²) < 4.78 is 26.5. The Morgan fingerprint density at radius 2 is 2.29 bits per heavy atom. The van der Waals surface area contributed by atoms with Gasteiger partial charge in [-0.2, -0.15) is 0 Å². The monoisotopic (exact) mass is 290 g/mol. The Bertz CT molecular complexity index is 603. The number of aromatic nitrogens is 2. The van der Waals surface area contributed by atoms with E-state index in [-0.39, 0.29) is 10.0 Å². The molecule has 2 rings (SSSR count). The fraction of sp³-hybridized carbons (Fsp3) is 0.250. The number of hydrogen-bond acceptors (Lipinski definition) is 7. The number of nitrogens with zero attached hydrogens (tertiary/aromatic N) is 2. The Morgan fingerprint density at radius 3 is 2.82 bits per heavy atom. The minimum absolute atomic E-state index is 0.248. The zero-order valence-electron chi connectivity index (χ0n) is 8.87. The lowest BCUT2D eigenvalue weighted by atomic mass is 10.4. The number of hydrogen-bond donors (Lipinski definition) is 2. The minimum atomic E-state index is -3.59. The van der Waals surface area contributed by atoms with E-state index < -0.39 is 10.0 Å². The van der Waals surface area contributed by atoms with Gasteiger partial charge in [-0.25, -0.2) is 8.42 Å². The molecule has 0 aromatic carbocycles. The highest BCUT2D eigenvalue weighted by Crippen LogP contribution is 2.27. The molecule has 0 spiro atoms. The average molecular weight is 290 g/mol. The van der Waals surface area contributed by atoms with Gasteiger partial charge in [-0.3, -0.25) is 4.72 Å². The minimum Gasteiger partial charge on any atom is -0.326 e. The molecule has 2 aromatic rings. The van der Waals surface area contributed by atoms with Crippen LogP contribution in [0.5, 0.6) is 0 Å². The fourth-order valence-corrected chi connectivity index (χ4v) is 4.49. The molecule has 0 unspecified atom stereocenters. The third-order valence-corrected chi connectivity index (χ3v) is 5.40. The predicted molar refractivity (Wildman–Crippen MR) is 67.7 cm³/mol. The van der Waals surface area contributed by atoms with Crippen LogP contribution in [-0.4, -0.2) is 18.6 Å². The average Bonchev–Trinajstić information content (AvgIpc) is 2.86. The zero-order valence-corrected chi connectivity index (χ0v) is 11.3. The quantitative estimate of drug-likeness (QED) is 0.880. The van der Waals surface area contributed by atoms with Gasteiger partial charge in [0.25, 0.3) is 10.0 Å². The Kier molecular flexibility index (Phi) is 3.43. The van der Waals surface area contributed by atoms with Crippen LogP contribution in [0.15, 0.2) is 16.5 Å². The van der Waals surface area contributed by atoms with Crippen LogP contribution in [0.25, 0.3) is 0 Å². The van der Waals surface area contributed by atoms with Gasteiger partial charge in [0.1, 0.15) is 10.4 Å². The van der Waals surface area contributed by atoms with Gasteiger partial charge in [0.2, 0.25) is 5.13 Å². The van der Waals surface area contributed by atoms with Gasteiger partial charge < -0.3 is 5.73 Å². The molecule has 92 valence electrons. The summed E-state index contributed by atoms with van der Waals surface area (Å²) in [5.41, 5.74) is 6.95. The molecule has 3 N–H and O–H groups in total. The van der Waals surface area contributed by atoms with Gasteiger partial charge in [-0.1, -0.05) is 11.3 Å². The maximum atomic E-state index is 12.0. The first-order chi connectivity index (χ1) is 8.03. The Hall–Kier alpha value is -1.03. The largest absolute Gasteiger partial charge is 0.326 e. The van der Waals surface area contributed by atoms with Crippen LogP contribution in [0.2, 0.25) is 0 Å². The van der Waals surface area contributed by atoms with Crippen molar-refractivity contribution in [2.45, 2.75) is 18.4 Å². The van der Waals surface area contributed by atoms with Crippen molar-refractivity contribution in [3.63, 3.8) is 0 Å². The lowest BCUT2D eigenvalue weighted by Crippen LogP contribution is -2.13. The van der Waals surface area contributed by atoms with Gasteiger partial charge >= 0.3 is 0 Å². The van der Waals surface area contributed by atoms with E-state index in [9.17, 15) is 8.42 Å². The van der Waals surface area contributed by atoms with Gasteiger partial charge in [0, 0.05) is 16.3 Å². The molecule has 0 bridgehead atoms. The highest BCUT2D eigenvalue weighted by molar-refractivity contribution is 7.93. The first-order valence-electron chi connectivity index (χ1n) is 4.61. The third kappa shape index (κ3) is 2.63. The molecule has 0 aliphatic carbocycles. The second-order valence-corrected chi connectivity index (χ2v) is 7.01. The molecule has 0 atom stereocenters. The van der Waals surface area contributed by atoms with Crippen LogP contribution >= 0.6 is 22.7 Å². The SMILES string of the molecule is Cc1sc(CN)cc1S(=O)(=O)Nc1nncs1. The van der Waals surface area contributed by atoms with Crippen molar-refractivity contribution < 1.29 is 8.42 Å². The standard InChI is InChI=1S/C8H10N4O2S3/c1-5-7(2-6(3-9)16-5)17(13,14)12-8-11-10-4-15-8/h2,4H,3,9H2,1H3,(H,11,12). The van der Waals surface area contributed by atoms with Crippen LogP contribution in [0.3, 0.4) is 0 Å². The number of nitrogens with two attached hydrogens (primary N) is 1. The van der Waals surface area contributed by atoms with E-state index in [4.69, 9.17) is 5.73 Å². The number of aryl methyl sites for hydroxylation is 1. The summed E-state index contributed by atoms with van der Waals surface area (Å²) in [6, 6.07) is 1.59. The van der Waals surface area contributed by atoms with Gasteiger partial charge in [0.15, 0.2) is 0 Å². The lowest BCUT2D eigenvalue weighted by Gasteiger charge is -2.02. The van der Waals surface area contributed by atoms with Crippen molar-refractivity contribution in [3.05, 3.63) is 21.3 Å². The topological polar surface area (TPSA) is 98.0 Å². The molecule has 2 heterocycles. The summed E-state index contributed by atoms with van der Waals surface area (Å²) >= 11 is 2.51. The van der Waals surface area contributed by atoms with Crippen molar-refractivity contribution in [1.82, 2.24) is 10.2 Å². The highest BCUT2D eigenvalue weighted by Gasteiger charge is 2.20. The van der Waals surface area contributed by atoms with Gasteiger partial charge in [-0.15, -0.1) is 21.5 Å². The molecule has 0 amide bonds. The van der Waals surface area contributed by atoms with Crippen LogP contribution in [-0.2, 0) is 16.6 Å². The number of rotatable bonds is 4. The second-order valence-electron chi connectivity index (χ2n) is 3.19. The molecule has 0 saturated carbocycles. The first kappa shape index (κ1) is 12.4. The van der Waals surface area contributed by atoms with E-state index in [1.807, 2.05) is 0 Å². The molecule has 0 aliphatic rings. The van der Waals surface area contributed by atoms with E-state index in [0.29, 0.717) is 11.4 Å². The highest BCUT2D eigenvalue weighted by atomic mass is 32.2. The third-order valence-electron chi connectivity index (χ3n) is 2.00. The molecule has 0 fully saturated rings. The summed E-state index contributed by atoms with van der Waals surface area (Å²) in [5.74, 6) is 0. The second kappa shape index (κ2) is 4.69. The van der Waals surface area contributed by atoms with Crippen molar-refractivity contribution in [3.8, 4) is 0 Å². The van der Waals surface area contributed by atoms with E-state index in [1.54, 1.807) is 13.0 Å². The molecule has 0 radical (unpaired) electrons. The molecule has 0 aliphatic heterocycles. The van der Waals surface area contributed by atoms with Crippen molar-refractivity contribution in [1.29, 1.82) is 0 Å². The Balaban J connectivity index is 2.34. The van der Waals surface area contributed by atoms with E-state index >= 15 is 0 Å². The Morgan fingerprint density at radius 1 is 1.53 bits per heavy atom. The smallest absolute Gasteiger partial charge is 0.264 e. The number of nitrogens with one attached hydrogen (secondary N) is 1. The molecular formula is C8H10N4O2S3. The number of anilines is 1. The summed E-state index contributed by atoms with van der Waals surface area (Å²) in [6.07, 6.45) is 0. The molecule has 17 heavy (non-hydrogen) atoms. The molecule has 6 nitrogen and oxygen atoms in total. The van der Waals surface area contributed by atoms with Crippen LogP contribution in [0.4, 0.5) is 5.13 Å². The van der Waals surface area contributed by atoms with Crippen LogP contribution in [0.1, 0.15) is 9.75 Å². The van der Waals surface area contributed by atoms with E-state index in [2.05, 4.69) is 14.9 Å². The summed E-state index contributed by atoms with van der Waals surface area (Å²) in [4.78, 5) is 1.79. The maximum Gasteiger partial charge on any atom is 0.264 e. The Labute approximate surface area is 107 Å². The maximum absolute atomic E-state index is 12.0. The fourth-order valence-electron chi connectivity index (χ4n) is 1.28. The van der Waals surface area contributed by atoms with E-state index in [1.165, 1.54) is 16.8 Å². The van der Waals surface area contributed by atoms with Crippen molar-refractivity contribution in [2.24, 2.45) is 5.73 Å². The molecule has 9 heteroatoms. The summed E-state index contributed by atoms with van der Waals surface area (Å²) in [7, 11) is -3.59. The van der Waals surface area contributed by atoms with Crippen molar-refractivity contribution in [2.75, 3.05) is 4.72 Å². The summed E-state index contributed by atoms with van der Waals surface area (Å²) in [6.45, 7) is 2.08.